The minimum atomic E-state index is -1.08. The fourth-order valence-electron chi connectivity index (χ4n) is 2.16. The van der Waals surface area contributed by atoms with Crippen LogP contribution in [0.15, 0.2) is 30.3 Å². The van der Waals surface area contributed by atoms with Crippen molar-refractivity contribution in [3.8, 4) is 0 Å². The molecule has 20 heavy (non-hydrogen) atoms. The maximum absolute atomic E-state index is 11.8. The Bertz CT molecular complexity index is 397. The van der Waals surface area contributed by atoms with E-state index < -0.39 is 6.10 Å². The molecule has 0 aromatic heterocycles. The van der Waals surface area contributed by atoms with Crippen LogP contribution in [0.1, 0.15) is 11.7 Å². The number of rotatable bonds is 5. The van der Waals surface area contributed by atoms with Crippen molar-refractivity contribution in [2.24, 2.45) is 0 Å². The van der Waals surface area contributed by atoms with Crippen molar-refractivity contribution in [3.63, 3.8) is 0 Å². The zero-order valence-corrected chi connectivity index (χ0v) is 12.2. The molecule has 1 heterocycles. The first kappa shape index (κ1) is 16.9. The number of aliphatic hydroxyl groups is 1. The molecule has 2 rings (SSSR count). The summed E-state index contributed by atoms with van der Waals surface area (Å²) in [6.07, 6.45) is -1.08. The molecule has 5 nitrogen and oxygen atoms in total. The Morgan fingerprint density at radius 3 is 2.60 bits per heavy atom. The van der Waals surface area contributed by atoms with Crippen LogP contribution in [-0.2, 0) is 4.79 Å². The summed E-state index contributed by atoms with van der Waals surface area (Å²) in [4.78, 5) is 14.1. The third kappa shape index (κ3) is 5.09. The number of carbonyl (C=O) groups is 1. The van der Waals surface area contributed by atoms with Gasteiger partial charge in [-0.25, -0.2) is 0 Å². The molecule has 0 saturated carbocycles. The number of hydrogen-bond donors (Lipinski definition) is 3. The lowest BCUT2D eigenvalue weighted by Gasteiger charge is -2.27. The second kappa shape index (κ2) is 8.92. The molecule has 3 N–H and O–H groups in total. The predicted molar refractivity (Wildman–Crippen MR) is 81.0 cm³/mol. The van der Waals surface area contributed by atoms with Gasteiger partial charge in [-0.15, -0.1) is 12.4 Å². The van der Waals surface area contributed by atoms with Crippen molar-refractivity contribution in [1.82, 2.24) is 15.5 Å². The first-order valence-corrected chi connectivity index (χ1v) is 6.71. The highest BCUT2D eigenvalue weighted by Crippen LogP contribution is 2.11. The highest BCUT2D eigenvalue weighted by molar-refractivity contribution is 5.85. The van der Waals surface area contributed by atoms with Gasteiger partial charge in [-0.3, -0.25) is 9.69 Å². The number of nitrogens with one attached hydrogen (secondary N) is 2. The molecule has 0 aliphatic carbocycles. The van der Waals surface area contributed by atoms with E-state index in [1.165, 1.54) is 0 Å². The quantitative estimate of drug-likeness (QED) is 0.725. The van der Waals surface area contributed by atoms with Gasteiger partial charge in [-0.05, 0) is 5.56 Å². The van der Waals surface area contributed by atoms with Crippen LogP contribution in [0.25, 0.3) is 0 Å². The van der Waals surface area contributed by atoms with Gasteiger partial charge in [-0.1, -0.05) is 30.3 Å². The van der Waals surface area contributed by atoms with E-state index in [0.29, 0.717) is 12.1 Å². The van der Waals surface area contributed by atoms with Crippen LogP contribution in [0.2, 0.25) is 0 Å². The van der Waals surface area contributed by atoms with Gasteiger partial charge in [0.15, 0.2) is 6.10 Å². The third-order valence-corrected chi connectivity index (χ3v) is 3.30. The van der Waals surface area contributed by atoms with Crippen molar-refractivity contribution in [2.75, 3.05) is 39.3 Å². The Morgan fingerprint density at radius 2 is 1.95 bits per heavy atom. The maximum Gasteiger partial charge on any atom is 0.253 e. The van der Waals surface area contributed by atoms with E-state index in [9.17, 15) is 9.90 Å². The molecule has 1 amide bonds. The number of aliphatic hydroxyl groups excluding tert-OH is 1. The summed E-state index contributed by atoms with van der Waals surface area (Å²) < 4.78 is 0. The van der Waals surface area contributed by atoms with E-state index in [0.717, 1.165) is 32.7 Å². The normalized spacial score (nSPS) is 17.1. The minimum absolute atomic E-state index is 0. The van der Waals surface area contributed by atoms with E-state index in [4.69, 9.17) is 0 Å². The number of amides is 1. The maximum atomic E-state index is 11.8. The number of hydrogen-bond acceptors (Lipinski definition) is 4. The average Bonchev–Trinajstić information content (AvgIpc) is 2.48. The van der Waals surface area contributed by atoms with Gasteiger partial charge in [0.05, 0.1) is 0 Å². The molecule has 0 spiro atoms. The van der Waals surface area contributed by atoms with Crippen molar-refractivity contribution in [3.05, 3.63) is 35.9 Å². The fraction of sp³-hybridized carbons (Fsp3) is 0.500. The van der Waals surface area contributed by atoms with Crippen molar-refractivity contribution in [1.29, 1.82) is 0 Å². The lowest BCUT2D eigenvalue weighted by molar-refractivity contribution is -0.129. The zero-order chi connectivity index (χ0) is 13.5. The molecular weight excluding hydrogens is 278 g/mol. The smallest absolute Gasteiger partial charge is 0.253 e. The highest BCUT2D eigenvalue weighted by Gasteiger charge is 2.16. The Labute approximate surface area is 125 Å². The lowest BCUT2D eigenvalue weighted by Crippen LogP contribution is -2.46. The highest BCUT2D eigenvalue weighted by atomic mass is 35.5. The topological polar surface area (TPSA) is 64.6 Å². The molecule has 0 bridgehead atoms. The van der Waals surface area contributed by atoms with E-state index in [2.05, 4.69) is 15.5 Å². The molecule has 112 valence electrons. The molecule has 1 aromatic rings. The van der Waals surface area contributed by atoms with Gasteiger partial charge in [0.2, 0.25) is 0 Å². The van der Waals surface area contributed by atoms with Gasteiger partial charge in [0.25, 0.3) is 5.91 Å². The van der Waals surface area contributed by atoms with E-state index in [1.54, 1.807) is 12.1 Å². The van der Waals surface area contributed by atoms with Gasteiger partial charge in [0, 0.05) is 39.3 Å². The van der Waals surface area contributed by atoms with Crippen LogP contribution in [0.3, 0.4) is 0 Å². The number of benzene rings is 1. The van der Waals surface area contributed by atoms with E-state index in [1.807, 2.05) is 18.2 Å². The summed E-state index contributed by atoms with van der Waals surface area (Å²) in [7, 11) is 0. The zero-order valence-electron chi connectivity index (χ0n) is 11.4. The fourth-order valence-corrected chi connectivity index (χ4v) is 2.16. The first-order valence-electron chi connectivity index (χ1n) is 6.71. The summed E-state index contributed by atoms with van der Waals surface area (Å²) in [6.45, 7) is 5.42. The van der Waals surface area contributed by atoms with Gasteiger partial charge < -0.3 is 15.7 Å². The molecule has 1 saturated heterocycles. The summed E-state index contributed by atoms with van der Waals surface area (Å²) in [5.74, 6) is -0.332. The molecule has 1 aromatic carbocycles. The molecule has 1 fully saturated rings. The van der Waals surface area contributed by atoms with Crippen LogP contribution >= 0.6 is 12.4 Å². The molecule has 1 aliphatic rings. The van der Waals surface area contributed by atoms with Crippen LogP contribution in [-0.4, -0.2) is 55.2 Å². The molecule has 1 unspecified atom stereocenters. The van der Waals surface area contributed by atoms with Crippen molar-refractivity contribution in [2.45, 2.75) is 6.10 Å². The van der Waals surface area contributed by atoms with Crippen LogP contribution < -0.4 is 10.6 Å². The molecule has 1 atom stereocenters. The number of nitrogens with zero attached hydrogens (tertiary/aromatic N) is 1. The molecule has 0 radical (unpaired) electrons. The monoisotopic (exact) mass is 299 g/mol. The number of piperazine rings is 1. The summed E-state index contributed by atoms with van der Waals surface area (Å²) in [5, 5.41) is 16.0. The Hall–Kier alpha value is -1.14. The SMILES string of the molecule is Cl.O=C(NCCN1CCNCC1)C(O)c1ccccc1. The van der Waals surface area contributed by atoms with Gasteiger partial charge in [0.1, 0.15) is 0 Å². The lowest BCUT2D eigenvalue weighted by atomic mass is 10.1. The number of carbonyl (C=O) groups excluding carboxylic acids is 1. The Kier molecular flexibility index (Phi) is 7.54. The standard InChI is InChI=1S/C14H21N3O2.ClH/c18-13(12-4-2-1-3-5-12)14(19)16-8-11-17-9-6-15-7-10-17;/h1-5,13,15,18H,6-11H2,(H,16,19);1H. The third-order valence-electron chi connectivity index (χ3n) is 3.30. The summed E-state index contributed by atoms with van der Waals surface area (Å²) in [5.41, 5.74) is 0.627. The van der Waals surface area contributed by atoms with Crippen LogP contribution in [0, 0.1) is 0 Å². The average molecular weight is 300 g/mol. The first-order chi connectivity index (χ1) is 9.27. The predicted octanol–water partition coefficient (Wildman–Crippen LogP) is 0.163. The van der Waals surface area contributed by atoms with Crippen LogP contribution in [0.5, 0.6) is 0 Å². The molecule has 1 aliphatic heterocycles. The largest absolute Gasteiger partial charge is 0.378 e. The molecule has 6 heteroatoms. The van der Waals surface area contributed by atoms with E-state index in [-0.39, 0.29) is 18.3 Å². The summed E-state index contributed by atoms with van der Waals surface area (Å²) >= 11 is 0. The number of halogens is 1. The summed E-state index contributed by atoms with van der Waals surface area (Å²) in [6, 6.07) is 8.98. The molecular formula is C14H22ClN3O2. The Balaban J connectivity index is 0.00000200. The van der Waals surface area contributed by atoms with E-state index >= 15 is 0 Å². The second-order valence-electron chi connectivity index (χ2n) is 4.70. The van der Waals surface area contributed by atoms with Crippen LogP contribution in [0.4, 0.5) is 0 Å². The second-order valence-corrected chi connectivity index (χ2v) is 4.70. The van der Waals surface area contributed by atoms with Crippen molar-refractivity contribution >= 4 is 18.3 Å². The minimum Gasteiger partial charge on any atom is -0.378 e. The van der Waals surface area contributed by atoms with Crippen molar-refractivity contribution < 1.29 is 9.90 Å². The van der Waals surface area contributed by atoms with Gasteiger partial charge >= 0.3 is 0 Å². The van der Waals surface area contributed by atoms with Gasteiger partial charge in [-0.2, -0.15) is 0 Å². The Morgan fingerprint density at radius 1 is 1.30 bits per heavy atom.